The molecular weight excluding hydrogens is 302 g/mol. The van der Waals surface area contributed by atoms with Crippen molar-refractivity contribution in [3.63, 3.8) is 0 Å². The van der Waals surface area contributed by atoms with E-state index >= 15 is 0 Å². The molecule has 130 valence electrons. The van der Waals surface area contributed by atoms with E-state index in [-0.39, 0.29) is 6.10 Å². The molecule has 1 saturated carbocycles. The first-order chi connectivity index (χ1) is 11.6. The minimum absolute atomic E-state index is 0.168. The van der Waals surface area contributed by atoms with Crippen LogP contribution in [0.5, 0.6) is 5.75 Å². The van der Waals surface area contributed by atoms with Crippen LogP contribution in [-0.4, -0.2) is 33.1 Å². The predicted molar refractivity (Wildman–Crippen MR) is 93.7 cm³/mol. The van der Waals surface area contributed by atoms with E-state index in [0.29, 0.717) is 11.8 Å². The summed E-state index contributed by atoms with van der Waals surface area (Å²) in [5.74, 6) is 3.54. The van der Waals surface area contributed by atoms with Gasteiger partial charge in [0, 0.05) is 12.3 Å². The fraction of sp³-hybridized carbons (Fsp3) is 0.579. The third-order valence-electron chi connectivity index (χ3n) is 4.64. The zero-order valence-corrected chi connectivity index (χ0v) is 14.8. The van der Waals surface area contributed by atoms with Crippen molar-refractivity contribution in [2.75, 3.05) is 7.11 Å². The maximum atomic E-state index is 9.80. The van der Waals surface area contributed by atoms with Crippen molar-refractivity contribution in [3.8, 4) is 11.4 Å². The third kappa shape index (κ3) is 3.61. The van der Waals surface area contributed by atoms with Gasteiger partial charge in [-0.25, -0.2) is 9.67 Å². The van der Waals surface area contributed by atoms with Gasteiger partial charge in [-0.1, -0.05) is 26.0 Å². The van der Waals surface area contributed by atoms with Gasteiger partial charge in [0.2, 0.25) is 0 Å². The number of nitrogens with zero attached hydrogens (tertiary/aromatic N) is 3. The summed E-state index contributed by atoms with van der Waals surface area (Å²) in [6, 6.07) is 7.93. The molecule has 5 nitrogen and oxygen atoms in total. The van der Waals surface area contributed by atoms with Gasteiger partial charge in [-0.15, -0.1) is 0 Å². The van der Waals surface area contributed by atoms with Crippen molar-refractivity contribution < 1.29 is 9.84 Å². The summed E-state index contributed by atoms with van der Waals surface area (Å²) in [4.78, 5) is 4.87. The lowest BCUT2D eigenvalue weighted by Gasteiger charge is -2.25. The highest BCUT2D eigenvalue weighted by Crippen LogP contribution is 2.34. The first-order valence-electron chi connectivity index (χ1n) is 8.85. The zero-order chi connectivity index (χ0) is 17.1. The van der Waals surface area contributed by atoms with Crippen LogP contribution in [0.3, 0.4) is 0 Å². The monoisotopic (exact) mass is 329 g/mol. The second kappa shape index (κ2) is 7.34. The molecule has 1 N–H and O–H groups in total. The second-order valence-electron chi connectivity index (χ2n) is 7.07. The second-order valence-corrected chi connectivity index (χ2v) is 7.07. The molecule has 1 aliphatic rings. The van der Waals surface area contributed by atoms with E-state index < -0.39 is 0 Å². The maximum Gasteiger partial charge on any atom is 0.151 e. The van der Waals surface area contributed by atoms with Crippen LogP contribution in [0.15, 0.2) is 24.3 Å². The number of methoxy groups -OCH3 is 1. The molecule has 0 aliphatic heterocycles. The molecule has 1 heterocycles. The number of aliphatic hydroxyl groups is 1. The van der Waals surface area contributed by atoms with Crippen LogP contribution >= 0.6 is 0 Å². The first-order valence-corrected chi connectivity index (χ1v) is 8.85. The van der Waals surface area contributed by atoms with Crippen LogP contribution in [0.25, 0.3) is 5.69 Å². The normalized spacial score (nSPS) is 21.2. The highest BCUT2D eigenvalue weighted by atomic mass is 16.5. The first kappa shape index (κ1) is 17.0. The lowest BCUT2D eigenvalue weighted by molar-refractivity contribution is 0.121. The minimum Gasteiger partial charge on any atom is -0.494 e. The van der Waals surface area contributed by atoms with Crippen molar-refractivity contribution in [1.82, 2.24) is 14.8 Å². The Hall–Kier alpha value is -1.88. The Morgan fingerprint density at radius 2 is 1.92 bits per heavy atom. The number of aliphatic hydroxyl groups excluding tert-OH is 1. The fourth-order valence-electron chi connectivity index (χ4n) is 3.40. The Morgan fingerprint density at radius 3 is 2.58 bits per heavy atom. The van der Waals surface area contributed by atoms with Crippen molar-refractivity contribution in [3.05, 3.63) is 35.9 Å². The molecule has 3 rings (SSSR count). The number of para-hydroxylation sites is 2. The molecule has 0 radical (unpaired) electrons. The Labute approximate surface area is 143 Å². The minimum atomic E-state index is -0.168. The molecule has 0 amide bonds. The molecule has 0 spiro atoms. The van der Waals surface area contributed by atoms with Gasteiger partial charge in [-0.3, -0.25) is 0 Å². The molecule has 0 saturated heterocycles. The topological polar surface area (TPSA) is 60.2 Å². The largest absolute Gasteiger partial charge is 0.494 e. The van der Waals surface area contributed by atoms with E-state index in [1.165, 1.54) is 0 Å². The Bertz CT molecular complexity index is 673. The summed E-state index contributed by atoms with van der Waals surface area (Å²) in [5, 5.41) is 14.6. The van der Waals surface area contributed by atoms with Crippen LogP contribution in [0.4, 0.5) is 0 Å². The van der Waals surface area contributed by atoms with Gasteiger partial charge >= 0.3 is 0 Å². The van der Waals surface area contributed by atoms with Crippen LogP contribution in [0.2, 0.25) is 0 Å². The smallest absolute Gasteiger partial charge is 0.151 e. The van der Waals surface area contributed by atoms with E-state index in [1.54, 1.807) is 7.11 Å². The van der Waals surface area contributed by atoms with E-state index in [9.17, 15) is 5.11 Å². The van der Waals surface area contributed by atoms with E-state index in [2.05, 4.69) is 13.8 Å². The van der Waals surface area contributed by atoms with Crippen LogP contribution in [-0.2, 0) is 6.42 Å². The Kier molecular flexibility index (Phi) is 5.19. The maximum absolute atomic E-state index is 9.80. The van der Waals surface area contributed by atoms with Crippen molar-refractivity contribution >= 4 is 0 Å². The predicted octanol–water partition coefficient (Wildman–Crippen LogP) is 3.49. The fourth-order valence-corrected chi connectivity index (χ4v) is 3.40. The summed E-state index contributed by atoms with van der Waals surface area (Å²) in [5.41, 5.74) is 0.934. The highest BCUT2D eigenvalue weighted by molar-refractivity contribution is 5.46. The van der Waals surface area contributed by atoms with Crippen LogP contribution in [0.1, 0.15) is 57.1 Å². The average molecular weight is 329 g/mol. The Morgan fingerprint density at radius 1 is 1.21 bits per heavy atom. The number of hydrogen-bond donors (Lipinski definition) is 1. The summed E-state index contributed by atoms with van der Waals surface area (Å²) < 4.78 is 7.48. The molecule has 0 atom stereocenters. The van der Waals surface area contributed by atoms with Gasteiger partial charge in [0.05, 0.1) is 13.2 Å². The molecule has 0 bridgehead atoms. The van der Waals surface area contributed by atoms with Gasteiger partial charge in [0.15, 0.2) is 5.82 Å². The molecule has 1 aliphatic carbocycles. The summed E-state index contributed by atoms with van der Waals surface area (Å²) in [6.07, 6.45) is 4.28. The molecule has 1 aromatic heterocycles. The lowest BCUT2D eigenvalue weighted by Crippen LogP contribution is -2.19. The zero-order valence-electron chi connectivity index (χ0n) is 14.8. The van der Waals surface area contributed by atoms with Crippen LogP contribution < -0.4 is 4.74 Å². The van der Waals surface area contributed by atoms with Gasteiger partial charge in [0.25, 0.3) is 0 Å². The van der Waals surface area contributed by atoms with E-state index in [1.807, 2.05) is 28.9 Å². The number of rotatable bonds is 5. The highest BCUT2D eigenvalue weighted by Gasteiger charge is 2.27. The Balaban J connectivity index is 2.01. The summed E-state index contributed by atoms with van der Waals surface area (Å²) in [7, 11) is 1.68. The van der Waals surface area contributed by atoms with E-state index in [4.69, 9.17) is 14.8 Å². The molecule has 1 fully saturated rings. The van der Waals surface area contributed by atoms with Gasteiger partial charge in [-0.2, -0.15) is 5.10 Å². The molecule has 24 heavy (non-hydrogen) atoms. The summed E-state index contributed by atoms with van der Waals surface area (Å²) >= 11 is 0. The SMILES string of the molecule is COc1ccccc1-n1nc(CC(C)C)nc1C1CCC(O)CC1. The number of aromatic nitrogens is 3. The van der Waals surface area contributed by atoms with Gasteiger partial charge < -0.3 is 9.84 Å². The quantitative estimate of drug-likeness (QED) is 0.912. The number of benzene rings is 1. The average Bonchev–Trinajstić information content (AvgIpc) is 2.98. The third-order valence-corrected chi connectivity index (χ3v) is 4.64. The van der Waals surface area contributed by atoms with E-state index in [0.717, 1.165) is 55.2 Å². The number of hydrogen-bond acceptors (Lipinski definition) is 4. The standard InChI is InChI=1S/C19H27N3O2/c1-13(2)12-18-20-19(14-8-10-15(23)11-9-14)22(21-18)16-6-4-5-7-17(16)24-3/h4-7,13-15,23H,8-12H2,1-3H3. The summed E-state index contributed by atoms with van der Waals surface area (Å²) in [6.45, 7) is 4.36. The number of ether oxygens (including phenoxy) is 1. The molecule has 0 unspecified atom stereocenters. The van der Waals surface area contributed by atoms with Gasteiger partial charge in [0.1, 0.15) is 17.3 Å². The molecule has 5 heteroatoms. The molecule has 2 aromatic rings. The van der Waals surface area contributed by atoms with Crippen molar-refractivity contribution in [2.24, 2.45) is 5.92 Å². The van der Waals surface area contributed by atoms with Crippen LogP contribution in [0, 0.1) is 5.92 Å². The van der Waals surface area contributed by atoms with Crippen molar-refractivity contribution in [1.29, 1.82) is 0 Å². The lowest BCUT2D eigenvalue weighted by atomic mass is 9.87. The van der Waals surface area contributed by atoms with Crippen molar-refractivity contribution in [2.45, 2.75) is 58.0 Å². The molecular formula is C19H27N3O2. The molecule has 1 aromatic carbocycles. The van der Waals surface area contributed by atoms with Gasteiger partial charge in [-0.05, 0) is 43.7 Å².